The predicted molar refractivity (Wildman–Crippen MR) is 65.6 cm³/mol. The molecule has 0 aromatic heterocycles. The molecule has 0 spiro atoms. The van der Waals surface area contributed by atoms with Crippen molar-refractivity contribution in [1.29, 1.82) is 0 Å². The number of rotatable bonds is 5. The predicted octanol–water partition coefficient (Wildman–Crippen LogP) is 3.09. The summed E-state index contributed by atoms with van der Waals surface area (Å²) in [6.07, 6.45) is 1.06. The number of halogens is 1. The maximum Gasteiger partial charge on any atom is 0.305 e. The summed E-state index contributed by atoms with van der Waals surface area (Å²) in [5.74, 6) is 0.626. The van der Waals surface area contributed by atoms with Crippen molar-refractivity contribution in [2.75, 3.05) is 13.7 Å². The van der Waals surface area contributed by atoms with Crippen LogP contribution in [0.4, 0.5) is 0 Å². The van der Waals surface area contributed by atoms with E-state index >= 15 is 0 Å². The second-order valence-electron chi connectivity index (χ2n) is 3.44. The van der Waals surface area contributed by atoms with Gasteiger partial charge in [-0.2, -0.15) is 0 Å². The Labute approximate surface area is 104 Å². The molecular weight excluding hydrogens is 272 g/mol. The number of hydrogen-bond donors (Lipinski definition) is 0. The quantitative estimate of drug-likeness (QED) is 0.616. The zero-order chi connectivity index (χ0) is 12.0. The average Bonchev–Trinajstić information content (AvgIpc) is 2.28. The summed E-state index contributed by atoms with van der Waals surface area (Å²) < 4.78 is 11.1. The fourth-order valence-electron chi connectivity index (χ4n) is 1.22. The van der Waals surface area contributed by atoms with Gasteiger partial charge < -0.3 is 9.47 Å². The fourth-order valence-corrected chi connectivity index (χ4v) is 1.46. The topological polar surface area (TPSA) is 35.5 Å². The first-order chi connectivity index (χ1) is 7.63. The standard InChI is InChI=1S/C12H15BrO3/c1-9-8-10(5-6-11(9)13)16-7-3-4-12(14)15-2/h5-6,8H,3-4,7H2,1-2H3. The van der Waals surface area contributed by atoms with Crippen LogP contribution in [0.1, 0.15) is 18.4 Å². The smallest absolute Gasteiger partial charge is 0.305 e. The molecule has 0 atom stereocenters. The third-order valence-electron chi connectivity index (χ3n) is 2.15. The minimum atomic E-state index is -0.199. The molecule has 3 nitrogen and oxygen atoms in total. The summed E-state index contributed by atoms with van der Waals surface area (Å²) in [6.45, 7) is 2.53. The van der Waals surface area contributed by atoms with Gasteiger partial charge in [0.05, 0.1) is 13.7 Å². The summed E-state index contributed by atoms with van der Waals surface area (Å²) in [7, 11) is 1.39. The van der Waals surface area contributed by atoms with Crippen LogP contribution in [0.2, 0.25) is 0 Å². The molecule has 1 rings (SSSR count). The Kier molecular flexibility index (Phi) is 5.32. The largest absolute Gasteiger partial charge is 0.494 e. The van der Waals surface area contributed by atoms with E-state index in [2.05, 4.69) is 20.7 Å². The second kappa shape index (κ2) is 6.53. The molecule has 0 aliphatic heterocycles. The molecule has 0 saturated heterocycles. The monoisotopic (exact) mass is 286 g/mol. The first kappa shape index (κ1) is 13.0. The molecule has 0 aliphatic rings. The van der Waals surface area contributed by atoms with E-state index in [1.807, 2.05) is 25.1 Å². The van der Waals surface area contributed by atoms with E-state index in [0.29, 0.717) is 19.4 Å². The van der Waals surface area contributed by atoms with Crippen LogP contribution in [0.25, 0.3) is 0 Å². The van der Waals surface area contributed by atoms with E-state index < -0.39 is 0 Å². The normalized spacial score (nSPS) is 9.94. The number of ether oxygens (including phenoxy) is 2. The lowest BCUT2D eigenvalue weighted by Crippen LogP contribution is -2.04. The Hall–Kier alpha value is -1.03. The third-order valence-corrected chi connectivity index (χ3v) is 3.04. The summed E-state index contributed by atoms with van der Waals surface area (Å²) in [6, 6.07) is 5.81. The zero-order valence-electron chi connectivity index (χ0n) is 9.46. The average molecular weight is 287 g/mol. The number of hydrogen-bond acceptors (Lipinski definition) is 3. The van der Waals surface area contributed by atoms with E-state index in [-0.39, 0.29) is 5.97 Å². The van der Waals surface area contributed by atoms with E-state index in [9.17, 15) is 4.79 Å². The van der Waals surface area contributed by atoms with Gasteiger partial charge in [-0.05, 0) is 37.1 Å². The van der Waals surface area contributed by atoms with Crippen molar-refractivity contribution in [3.05, 3.63) is 28.2 Å². The second-order valence-corrected chi connectivity index (χ2v) is 4.29. The van der Waals surface area contributed by atoms with Crippen LogP contribution in [0.15, 0.2) is 22.7 Å². The highest BCUT2D eigenvalue weighted by molar-refractivity contribution is 9.10. The first-order valence-corrected chi connectivity index (χ1v) is 5.88. The number of aryl methyl sites for hydroxylation is 1. The van der Waals surface area contributed by atoms with E-state index in [1.165, 1.54) is 7.11 Å². The van der Waals surface area contributed by atoms with Gasteiger partial charge >= 0.3 is 5.97 Å². The van der Waals surface area contributed by atoms with Crippen molar-refractivity contribution in [3.8, 4) is 5.75 Å². The SMILES string of the molecule is COC(=O)CCCOc1ccc(Br)c(C)c1. The van der Waals surface area contributed by atoms with Crippen molar-refractivity contribution in [1.82, 2.24) is 0 Å². The molecule has 16 heavy (non-hydrogen) atoms. The molecule has 0 heterocycles. The number of carbonyl (C=O) groups excluding carboxylic acids is 1. The van der Waals surface area contributed by atoms with E-state index in [4.69, 9.17) is 4.74 Å². The van der Waals surface area contributed by atoms with Crippen molar-refractivity contribution < 1.29 is 14.3 Å². The van der Waals surface area contributed by atoms with Gasteiger partial charge in [0.1, 0.15) is 5.75 Å². The Morgan fingerprint density at radius 3 is 2.81 bits per heavy atom. The fraction of sp³-hybridized carbons (Fsp3) is 0.417. The molecule has 0 bridgehead atoms. The molecule has 0 fully saturated rings. The molecular formula is C12H15BrO3. The van der Waals surface area contributed by atoms with Gasteiger partial charge in [-0.1, -0.05) is 15.9 Å². The molecule has 0 radical (unpaired) electrons. The minimum absolute atomic E-state index is 0.199. The van der Waals surface area contributed by atoms with E-state index in [0.717, 1.165) is 15.8 Å². The molecule has 0 saturated carbocycles. The van der Waals surface area contributed by atoms with Crippen LogP contribution in [-0.2, 0) is 9.53 Å². The lowest BCUT2D eigenvalue weighted by atomic mass is 10.2. The molecule has 0 unspecified atom stereocenters. The lowest BCUT2D eigenvalue weighted by Gasteiger charge is -2.07. The molecule has 4 heteroatoms. The molecule has 1 aromatic rings. The molecule has 0 N–H and O–H groups in total. The van der Waals surface area contributed by atoms with E-state index in [1.54, 1.807) is 0 Å². The molecule has 1 aromatic carbocycles. The molecule has 0 aliphatic carbocycles. The highest BCUT2D eigenvalue weighted by atomic mass is 79.9. The van der Waals surface area contributed by atoms with Crippen LogP contribution in [0.3, 0.4) is 0 Å². The highest BCUT2D eigenvalue weighted by Gasteiger charge is 2.01. The first-order valence-electron chi connectivity index (χ1n) is 5.09. The minimum Gasteiger partial charge on any atom is -0.494 e. The molecule has 0 amide bonds. The third kappa shape index (κ3) is 4.23. The van der Waals surface area contributed by atoms with Crippen molar-refractivity contribution in [2.24, 2.45) is 0 Å². The van der Waals surface area contributed by atoms with Crippen molar-refractivity contribution in [2.45, 2.75) is 19.8 Å². The van der Waals surface area contributed by atoms with Crippen LogP contribution in [-0.4, -0.2) is 19.7 Å². The Morgan fingerprint density at radius 2 is 2.19 bits per heavy atom. The van der Waals surface area contributed by atoms with Gasteiger partial charge in [-0.25, -0.2) is 0 Å². The number of benzene rings is 1. The lowest BCUT2D eigenvalue weighted by molar-refractivity contribution is -0.140. The number of carbonyl (C=O) groups is 1. The van der Waals surface area contributed by atoms with Gasteiger partial charge in [-0.3, -0.25) is 4.79 Å². The molecule has 88 valence electrons. The van der Waals surface area contributed by atoms with Gasteiger partial charge in [0.25, 0.3) is 0 Å². The summed E-state index contributed by atoms with van der Waals surface area (Å²) in [5, 5.41) is 0. The summed E-state index contributed by atoms with van der Waals surface area (Å²) >= 11 is 3.42. The van der Waals surface area contributed by atoms with Crippen LogP contribution >= 0.6 is 15.9 Å². The van der Waals surface area contributed by atoms with Gasteiger partial charge in [0.15, 0.2) is 0 Å². The van der Waals surface area contributed by atoms with Gasteiger partial charge in [0.2, 0.25) is 0 Å². The maximum absolute atomic E-state index is 10.8. The maximum atomic E-state index is 10.8. The summed E-state index contributed by atoms with van der Waals surface area (Å²) in [5.41, 5.74) is 1.13. The Morgan fingerprint density at radius 1 is 1.44 bits per heavy atom. The number of methoxy groups -OCH3 is 1. The van der Waals surface area contributed by atoms with Crippen LogP contribution < -0.4 is 4.74 Å². The Balaban J connectivity index is 2.32. The van der Waals surface area contributed by atoms with Gasteiger partial charge in [0, 0.05) is 10.9 Å². The number of esters is 1. The van der Waals surface area contributed by atoms with Crippen molar-refractivity contribution in [3.63, 3.8) is 0 Å². The Bertz CT molecular complexity index is 363. The van der Waals surface area contributed by atoms with Crippen LogP contribution in [0, 0.1) is 6.92 Å². The van der Waals surface area contributed by atoms with Crippen molar-refractivity contribution >= 4 is 21.9 Å². The highest BCUT2D eigenvalue weighted by Crippen LogP contribution is 2.21. The summed E-state index contributed by atoms with van der Waals surface area (Å²) in [4.78, 5) is 10.8. The zero-order valence-corrected chi connectivity index (χ0v) is 11.0. The van der Waals surface area contributed by atoms with Gasteiger partial charge in [-0.15, -0.1) is 0 Å². The van der Waals surface area contributed by atoms with Crippen LogP contribution in [0.5, 0.6) is 5.75 Å².